The van der Waals surface area contributed by atoms with E-state index in [4.69, 9.17) is 4.42 Å². The van der Waals surface area contributed by atoms with Gasteiger partial charge < -0.3 is 9.73 Å². The molecule has 1 aromatic heterocycles. The molecule has 0 amide bonds. The zero-order chi connectivity index (χ0) is 9.97. The van der Waals surface area contributed by atoms with Gasteiger partial charge in [-0.1, -0.05) is 6.92 Å². The molecule has 78 valence electrons. The Hall–Kier alpha value is -0.900. The van der Waals surface area contributed by atoms with Gasteiger partial charge in [0.1, 0.15) is 0 Å². The topological polar surface area (TPSA) is 51.0 Å². The molecule has 1 unspecified atom stereocenters. The van der Waals surface area contributed by atoms with Crippen molar-refractivity contribution in [3.05, 3.63) is 11.8 Å². The summed E-state index contributed by atoms with van der Waals surface area (Å²) in [6.07, 6.45) is 3.53. The molecule has 4 nitrogen and oxygen atoms in total. The molecule has 1 aliphatic carbocycles. The van der Waals surface area contributed by atoms with Crippen molar-refractivity contribution in [3.63, 3.8) is 0 Å². The van der Waals surface area contributed by atoms with E-state index in [1.165, 1.54) is 12.8 Å². The zero-order valence-corrected chi connectivity index (χ0v) is 8.79. The fraction of sp³-hybridized carbons (Fsp3) is 0.800. The van der Waals surface area contributed by atoms with Crippen molar-refractivity contribution < 1.29 is 4.42 Å². The maximum Gasteiger partial charge on any atom is 0.233 e. The summed E-state index contributed by atoms with van der Waals surface area (Å²) < 4.78 is 5.58. The Balaban J connectivity index is 1.93. The monoisotopic (exact) mass is 195 g/mol. The van der Waals surface area contributed by atoms with E-state index in [0.29, 0.717) is 5.92 Å². The second kappa shape index (κ2) is 4.09. The molecule has 0 aliphatic heterocycles. The van der Waals surface area contributed by atoms with Gasteiger partial charge in [-0.3, -0.25) is 0 Å². The molecule has 1 aromatic rings. The fourth-order valence-electron chi connectivity index (χ4n) is 1.36. The highest BCUT2D eigenvalue weighted by Crippen LogP contribution is 2.39. The summed E-state index contributed by atoms with van der Waals surface area (Å²) in [6, 6.07) is 0.176. The third-order valence-electron chi connectivity index (χ3n) is 2.45. The van der Waals surface area contributed by atoms with Gasteiger partial charge in [-0.05, 0) is 32.7 Å². The van der Waals surface area contributed by atoms with Gasteiger partial charge >= 0.3 is 0 Å². The molecule has 0 radical (unpaired) electrons. The quantitative estimate of drug-likeness (QED) is 0.780. The number of hydrogen-bond donors (Lipinski definition) is 1. The van der Waals surface area contributed by atoms with Gasteiger partial charge in [0.05, 0.1) is 6.04 Å². The highest BCUT2D eigenvalue weighted by molar-refractivity contribution is 5.01. The number of aromatic nitrogens is 2. The van der Waals surface area contributed by atoms with Gasteiger partial charge in [0, 0.05) is 5.92 Å². The summed E-state index contributed by atoms with van der Waals surface area (Å²) in [7, 11) is 0. The Morgan fingerprint density at radius 2 is 2.29 bits per heavy atom. The van der Waals surface area contributed by atoms with Gasteiger partial charge in [-0.25, -0.2) is 0 Å². The molecular weight excluding hydrogens is 178 g/mol. The maximum absolute atomic E-state index is 5.58. The molecule has 14 heavy (non-hydrogen) atoms. The first-order valence-electron chi connectivity index (χ1n) is 5.38. The average molecular weight is 195 g/mol. The van der Waals surface area contributed by atoms with Crippen LogP contribution in [0.3, 0.4) is 0 Å². The molecule has 0 aromatic carbocycles. The summed E-state index contributed by atoms with van der Waals surface area (Å²) in [5.74, 6) is 2.10. The summed E-state index contributed by atoms with van der Waals surface area (Å²) in [5.41, 5.74) is 0. The van der Waals surface area contributed by atoms with E-state index in [0.717, 1.165) is 24.7 Å². The van der Waals surface area contributed by atoms with Crippen molar-refractivity contribution in [3.8, 4) is 0 Å². The molecule has 1 saturated carbocycles. The first kappa shape index (κ1) is 9.65. The standard InChI is InChI=1S/C10H17N3O/c1-3-6-11-7(2)9-12-13-10(14-9)8-4-5-8/h7-8,11H,3-6H2,1-2H3. The summed E-state index contributed by atoms with van der Waals surface area (Å²) in [5, 5.41) is 11.4. The number of nitrogens with zero attached hydrogens (tertiary/aromatic N) is 2. The second-order valence-corrected chi connectivity index (χ2v) is 3.93. The molecule has 1 atom stereocenters. The predicted octanol–water partition coefficient (Wildman–Crippen LogP) is 2.01. The summed E-state index contributed by atoms with van der Waals surface area (Å²) in [4.78, 5) is 0. The Morgan fingerprint density at radius 1 is 1.50 bits per heavy atom. The van der Waals surface area contributed by atoms with Gasteiger partial charge in [0.2, 0.25) is 11.8 Å². The van der Waals surface area contributed by atoms with Gasteiger partial charge in [-0.15, -0.1) is 10.2 Å². The van der Waals surface area contributed by atoms with Crippen molar-refractivity contribution in [2.24, 2.45) is 0 Å². The van der Waals surface area contributed by atoms with Crippen LogP contribution in [0, 0.1) is 0 Å². The smallest absolute Gasteiger partial charge is 0.233 e. The SMILES string of the molecule is CCCNC(C)c1nnc(C2CC2)o1. The van der Waals surface area contributed by atoms with E-state index in [2.05, 4.69) is 29.4 Å². The number of nitrogens with one attached hydrogen (secondary N) is 1. The van der Waals surface area contributed by atoms with E-state index >= 15 is 0 Å². The lowest BCUT2D eigenvalue weighted by atomic mass is 10.3. The van der Waals surface area contributed by atoms with Crippen molar-refractivity contribution in [1.82, 2.24) is 15.5 Å². The van der Waals surface area contributed by atoms with Crippen LogP contribution in [-0.2, 0) is 0 Å². The van der Waals surface area contributed by atoms with Crippen LogP contribution >= 0.6 is 0 Å². The Kier molecular flexibility index (Phi) is 2.82. The highest BCUT2D eigenvalue weighted by atomic mass is 16.4. The van der Waals surface area contributed by atoms with Crippen molar-refractivity contribution >= 4 is 0 Å². The summed E-state index contributed by atoms with van der Waals surface area (Å²) >= 11 is 0. The minimum atomic E-state index is 0.176. The first-order valence-corrected chi connectivity index (χ1v) is 5.38. The molecule has 1 heterocycles. The molecule has 0 saturated heterocycles. The fourth-order valence-corrected chi connectivity index (χ4v) is 1.36. The van der Waals surface area contributed by atoms with Crippen LogP contribution in [-0.4, -0.2) is 16.7 Å². The van der Waals surface area contributed by atoms with Gasteiger partial charge in [-0.2, -0.15) is 0 Å². The minimum absolute atomic E-state index is 0.176. The van der Waals surface area contributed by atoms with Gasteiger partial charge in [0.25, 0.3) is 0 Å². The lowest BCUT2D eigenvalue weighted by Gasteiger charge is -2.07. The normalized spacial score (nSPS) is 18.4. The Bertz CT molecular complexity index is 293. The second-order valence-electron chi connectivity index (χ2n) is 3.93. The Morgan fingerprint density at radius 3 is 2.93 bits per heavy atom. The predicted molar refractivity (Wildman–Crippen MR) is 53.0 cm³/mol. The van der Waals surface area contributed by atoms with E-state index in [1.807, 2.05) is 0 Å². The van der Waals surface area contributed by atoms with Gasteiger partial charge in [0.15, 0.2) is 0 Å². The minimum Gasteiger partial charge on any atom is -0.423 e. The Labute approximate surface area is 84.1 Å². The molecule has 0 bridgehead atoms. The van der Waals surface area contributed by atoms with E-state index in [9.17, 15) is 0 Å². The van der Waals surface area contributed by atoms with Crippen LogP contribution in [0.5, 0.6) is 0 Å². The maximum atomic E-state index is 5.58. The van der Waals surface area contributed by atoms with E-state index in [-0.39, 0.29) is 6.04 Å². The third-order valence-corrected chi connectivity index (χ3v) is 2.45. The van der Waals surface area contributed by atoms with Crippen LogP contribution in [0.1, 0.15) is 56.9 Å². The van der Waals surface area contributed by atoms with Crippen LogP contribution in [0.4, 0.5) is 0 Å². The van der Waals surface area contributed by atoms with Crippen molar-refractivity contribution in [2.75, 3.05) is 6.54 Å². The molecule has 0 spiro atoms. The number of hydrogen-bond acceptors (Lipinski definition) is 4. The van der Waals surface area contributed by atoms with Crippen molar-refractivity contribution in [2.45, 2.75) is 45.1 Å². The lowest BCUT2D eigenvalue weighted by Crippen LogP contribution is -2.19. The van der Waals surface area contributed by atoms with Crippen molar-refractivity contribution in [1.29, 1.82) is 0 Å². The molecule has 1 N–H and O–H groups in total. The largest absolute Gasteiger partial charge is 0.423 e. The molecule has 1 aliphatic rings. The van der Waals surface area contributed by atoms with Crippen LogP contribution in [0.25, 0.3) is 0 Å². The third kappa shape index (κ3) is 2.12. The highest BCUT2D eigenvalue weighted by Gasteiger charge is 2.29. The first-order chi connectivity index (χ1) is 6.81. The number of rotatable bonds is 5. The van der Waals surface area contributed by atoms with Crippen LogP contribution < -0.4 is 5.32 Å². The molecule has 4 heteroatoms. The van der Waals surface area contributed by atoms with E-state index in [1.54, 1.807) is 0 Å². The molecule has 1 fully saturated rings. The lowest BCUT2D eigenvalue weighted by molar-refractivity contribution is 0.393. The van der Waals surface area contributed by atoms with Crippen LogP contribution in [0.15, 0.2) is 4.42 Å². The zero-order valence-electron chi connectivity index (χ0n) is 8.79. The molecule has 2 rings (SSSR count). The van der Waals surface area contributed by atoms with E-state index < -0.39 is 0 Å². The average Bonchev–Trinajstić information content (AvgIpc) is 2.93. The summed E-state index contributed by atoms with van der Waals surface area (Å²) in [6.45, 7) is 5.19. The molecular formula is C10H17N3O. The van der Waals surface area contributed by atoms with Crippen LogP contribution in [0.2, 0.25) is 0 Å².